The van der Waals surface area contributed by atoms with Crippen molar-refractivity contribution in [3.63, 3.8) is 0 Å². The second kappa shape index (κ2) is 10.0. The molecular weight excluding hydrogens is 456 g/mol. The first-order valence-corrected chi connectivity index (χ1v) is 11.5. The van der Waals surface area contributed by atoms with Gasteiger partial charge in [0.2, 0.25) is 0 Å². The summed E-state index contributed by atoms with van der Waals surface area (Å²) in [6.45, 7) is 2.18. The van der Waals surface area contributed by atoms with Crippen LogP contribution in [-0.4, -0.2) is 37.2 Å². The van der Waals surface area contributed by atoms with Gasteiger partial charge >= 0.3 is 0 Å². The maximum absolute atomic E-state index is 12.0. The molecule has 0 aliphatic carbocycles. The molecule has 0 bridgehead atoms. The Morgan fingerprint density at radius 3 is 2.97 bits per heavy atom. The Hall–Kier alpha value is -2.79. The molecule has 0 fully saturated rings. The quantitative estimate of drug-likeness (QED) is 0.299. The van der Waals surface area contributed by atoms with Gasteiger partial charge in [-0.15, -0.1) is 21.5 Å². The second-order valence-electron chi connectivity index (χ2n) is 6.14. The van der Waals surface area contributed by atoms with Crippen LogP contribution >= 0.6 is 34.7 Å². The summed E-state index contributed by atoms with van der Waals surface area (Å²) in [6, 6.07) is 11.3. The highest BCUT2D eigenvalue weighted by atomic mass is 35.5. The lowest BCUT2D eigenvalue weighted by Crippen LogP contribution is -2.23. The zero-order chi connectivity index (χ0) is 21.6. The molecule has 0 aliphatic heterocycles. The first-order valence-electron chi connectivity index (χ1n) is 9.26. The second-order valence-corrected chi connectivity index (χ2v) is 8.46. The summed E-state index contributed by atoms with van der Waals surface area (Å²) < 4.78 is 1.93. The van der Waals surface area contributed by atoms with Crippen molar-refractivity contribution in [2.24, 2.45) is 0 Å². The van der Waals surface area contributed by atoms with E-state index in [-0.39, 0.29) is 5.91 Å². The minimum Gasteiger partial charge on any atom is -0.274 e. The lowest BCUT2D eigenvalue weighted by atomic mass is 10.2. The molecule has 4 rings (SSSR count). The zero-order valence-corrected chi connectivity index (χ0v) is 18.7. The summed E-state index contributed by atoms with van der Waals surface area (Å²) in [6.07, 6.45) is 3.45. The largest absolute Gasteiger partial charge is 0.294 e. The van der Waals surface area contributed by atoms with Crippen molar-refractivity contribution in [3.8, 4) is 17.1 Å². The Morgan fingerprint density at radius 2 is 2.19 bits per heavy atom. The van der Waals surface area contributed by atoms with E-state index in [9.17, 15) is 4.79 Å². The van der Waals surface area contributed by atoms with Gasteiger partial charge in [0.15, 0.2) is 11.0 Å². The van der Waals surface area contributed by atoms with Crippen LogP contribution in [0.5, 0.6) is 0 Å². The Kier molecular flexibility index (Phi) is 6.92. The number of halogens is 1. The Labute approximate surface area is 191 Å². The van der Waals surface area contributed by atoms with E-state index < -0.39 is 0 Å². The molecule has 0 saturated heterocycles. The molecular formula is C20H17ClN6O2S2. The summed E-state index contributed by atoms with van der Waals surface area (Å²) in [5.74, 6) is 0.822. The number of carbonyl (C=O) groups is 1. The lowest BCUT2D eigenvalue weighted by molar-refractivity contribution is 0.0360. The summed E-state index contributed by atoms with van der Waals surface area (Å²) in [4.78, 5) is 25.5. The minimum atomic E-state index is -0.365. The van der Waals surface area contributed by atoms with E-state index in [1.165, 1.54) is 23.1 Å². The van der Waals surface area contributed by atoms with Crippen LogP contribution in [0.3, 0.4) is 0 Å². The third kappa shape index (κ3) is 5.10. The van der Waals surface area contributed by atoms with Gasteiger partial charge in [0.25, 0.3) is 5.91 Å². The summed E-state index contributed by atoms with van der Waals surface area (Å²) in [7, 11) is 0. The van der Waals surface area contributed by atoms with E-state index in [0.717, 1.165) is 16.3 Å². The molecule has 1 amide bonds. The van der Waals surface area contributed by atoms with Crippen LogP contribution in [0.1, 0.15) is 22.4 Å². The van der Waals surface area contributed by atoms with Gasteiger partial charge in [-0.1, -0.05) is 29.4 Å². The van der Waals surface area contributed by atoms with Crippen LogP contribution in [-0.2, 0) is 10.6 Å². The Morgan fingerprint density at radius 1 is 1.29 bits per heavy atom. The van der Waals surface area contributed by atoms with Crippen LogP contribution < -0.4 is 5.48 Å². The summed E-state index contributed by atoms with van der Waals surface area (Å²) in [5, 5.41) is 12.5. The average Bonchev–Trinajstić information content (AvgIpc) is 3.44. The molecule has 0 unspecified atom stereocenters. The van der Waals surface area contributed by atoms with Crippen molar-refractivity contribution in [2.45, 2.75) is 17.8 Å². The Bertz CT molecular complexity index is 1180. The van der Waals surface area contributed by atoms with Gasteiger partial charge in [0.05, 0.1) is 18.0 Å². The van der Waals surface area contributed by atoms with Gasteiger partial charge in [-0.2, -0.15) is 0 Å². The number of aromatic nitrogens is 5. The first kappa shape index (κ1) is 21.4. The minimum absolute atomic E-state index is 0.321. The van der Waals surface area contributed by atoms with E-state index >= 15 is 0 Å². The van der Waals surface area contributed by atoms with E-state index in [2.05, 4.69) is 25.6 Å². The molecule has 8 nitrogen and oxygen atoms in total. The van der Waals surface area contributed by atoms with Gasteiger partial charge < -0.3 is 0 Å². The number of carbonyl (C=O) groups excluding carboxylic acids is 1. The van der Waals surface area contributed by atoms with Crippen LogP contribution in [0.2, 0.25) is 5.02 Å². The first-order chi connectivity index (χ1) is 15.2. The number of amides is 1. The predicted molar refractivity (Wildman–Crippen MR) is 120 cm³/mol. The van der Waals surface area contributed by atoms with Gasteiger partial charge in [-0.25, -0.2) is 10.5 Å². The van der Waals surface area contributed by atoms with Crippen LogP contribution in [0.25, 0.3) is 17.1 Å². The van der Waals surface area contributed by atoms with Crippen LogP contribution in [0, 0.1) is 0 Å². The van der Waals surface area contributed by atoms with Gasteiger partial charge in [0.1, 0.15) is 10.7 Å². The number of nitrogens with one attached hydrogen (secondary N) is 1. The van der Waals surface area contributed by atoms with Crippen molar-refractivity contribution >= 4 is 40.6 Å². The van der Waals surface area contributed by atoms with Crippen LogP contribution in [0.4, 0.5) is 0 Å². The number of rotatable bonds is 8. The van der Waals surface area contributed by atoms with E-state index in [1.807, 2.05) is 41.0 Å². The van der Waals surface area contributed by atoms with Crippen molar-refractivity contribution in [1.29, 1.82) is 0 Å². The molecule has 158 valence electrons. The zero-order valence-electron chi connectivity index (χ0n) is 16.4. The maximum Gasteiger partial charge on any atom is 0.294 e. The van der Waals surface area contributed by atoms with Gasteiger partial charge in [0, 0.05) is 28.4 Å². The number of thioether (sulfide) groups is 1. The average molecular weight is 473 g/mol. The monoisotopic (exact) mass is 472 g/mol. The summed E-state index contributed by atoms with van der Waals surface area (Å²) in [5.41, 5.74) is 4.35. The molecule has 0 atom stereocenters. The van der Waals surface area contributed by atoms with Crippen molar-refractivity contribution in [1.82, 2.24) is 30.2 Å². The third-order valence-corrected chi connectivity index (χ3v) is 6.24. The van der Waals surface area contributed by atoms with Crippen LogP contribution in [0.15, 0.2) is 59.3 Å². The van der Waals surface area contributed by atoms with Gasteiger partial charge in [-0.3, -0.25) is 19.2 Å². The van der Waals surface area contributed by atoms with E-state index in [4.69, 9.17) is 16.4 Å². The summed E-state index contributed by atoms with van der Waals surface area (Å²) >= 11 is 9.10. The van der Waals surface area contributed by atoms with Crippen molar-refractivity contribution < 1.29 is 9.63 Å². The number of hydroxylamine groups is 1. The number of nitrogens with zero attached hydrogens (tertiary/aromatic N) is 5. The topological polar surface area (TPSA) is 94.8 Å². The van der Waals surface area contributed by atoms with Gasteiger partial charge in [-0.05, 0) is 37.3 Å². The number of benzene rings is 1. The van der Waals surface area contributed by atoms with Crippen molar-refractivity contribution in [2.75, 3.05) is 6.61 Å². The molecule has 3 aromatic heterocycles. The smallest absolute Gasteiger partial charge is 0.274 e. The normalized spacial score (nSPS) is 10.9. The fourth-order valence-corrected chi connectivity index (χ4v) is 4.62. The maximum atomic E-state index is 12.0. The lowest BCUT2D eigenvalue weighted by Gasteiger charge is -2.10. The highest BCUT2D eigenvalue weighted by molar-refractivity contribution is 7.98. The third-order valence-electron chi connectivity index (χ3n) is 4.04. The molecule has 0 aliphatic rings. The Balaban J connectivity index is 1.60. The fourth-order valence-electron chi connectivity index (χ4n) is 2.69. The van der Waals surface area contributed by atoms with Crippen molar-refractivity contribution in [3.05, 3.63) is 69.9 Å². The number of hydrogen-bond donors (Lipinski definition) is 1. The molecule has 3 heterocycles. The fraction of sp³-hybridized carbons (Fsp3) is 0.150. The number of hydrogen-bond acceptors (Lipinski definition) is 8. The molecule has 4 aromatic rings. The van der Waals surface area contributed by atoms with E-state index in [0.29, 0.717) is 34.1 Å². The molecule has 0 radical (unpaired) electrons. The highest BCUT2D eigenvalue weighted by Gasteiger charge is 2.18. The number of pyridine rings is 1. The van der Waals surface area contributed by atoms with E-state index in [1.54, 1.807) is 24.7 Å². The predicted octanol–water partition coefficient (Wildman–Crippen LogP) is 4.41. The molecule has 1 aromatic carbocycles. The molecule has 1 N–H and O–H groups in total. The highest BCUT2D eigenvalue weighted by Crippen LogP contribution is 2.31. The standard InChI is InChI=1S/C20H17ClN6O2S2/c1-2-29-26-19(28)16-11-30-17(23-16)12-31-20-25-24-18(13-5-4-8-22-10-13)27(20)15-7-3-6-14(21)9-15/h3-11H,2,12H2,1H3,(H,26,28). The molecule has 31 heavy (non-hydrogen) atoms. The molecule has 0 saturated carbocycles. The number of thiazole rings is 1. The molecule has 11 heteroatoms. The SMILES string of the molecule is CCONC(=O)c1csc(CSc2nnc(-c3cccnc3)n2-c2cccc(Cl)c2)n1. The molecule has 0 spiro atoms.